The second kappa shape index (κ2) is 25.5. The predicted octanol–water partition coefficient (Wildman–Crippen LogP) is 9.96. The Kier molecular flexibility index (Phi) is 20.9. The first-order valence-corrected chi connectivity index (χ1v) is 23.5. The number of phenolic OH excluding ortho intramolecular Hbond substituents is 1. The molecule has 4 saturated heterocycles. The first-order valence-electron chi connectivity index (χ1n) is 23.5. The van der Waals surface area contributed by atoms with Gasteiger partial charge in [0.2, 0.25) is 0 Å². The van der Waals surface area contributed by atoms with E-state index in [1.54, 1.807) is 32.5 Å². The van der Waals surface area contributed by atoms with Crippen molar-refractivity contribution in [1.82, 2.24) is 24.8 Å². The summed E-state index contributed by atoms with van der Waals surface area (Å²) in [5.41, 5.74) is 0.872. The van der Waals surface area contributed by atoms with Crippen molar-refractivity contribution in [2.24, 2.45) is 0 Å². The molecule has 0 spiro atoms. The van der Waals surface area contributed by atoms with E-state index < -0.39 is 5.82 Å². The summed E-state index contributed by atoms with van der Waals surface area (Å²) in [6.45, 7) is 18.4. The van der Waals surface area contributed by atoms with Crippen molar-refractivity contribution in [3.8, 4) is 23.0 Å². The summed E-state index contributed by atoms with van der Waals surface area (Å²) in [6.07, 6.45) is 13.4. The van der Waals surface area contributed by atoms with Gasteiger partial charge in [-0.1, -0.05) is 60.5 Å². The number of hydrogen-bond acceptors (Lipinski definition) is 11. The molecular weight excluding hydrogens is 791 g/mol. The predicted molar refractivity (Wildman–Crippen MR) is 249 cm³/mol. The van der Waals surface area contributed by atoms with Crippen LogP contribution in [0.3, 0.4) is 0 Å². The van der Waals surface area contributed by atoms with E-state index in [0.29, 0.717) is 65.3 Å². The normalized spacial score (nSPS) is 20.0. The quantitative estimate of drug-likeness (QED) is 0.149. The lowest BCUT2D eigenvalue weighted by Crippen LogP contribution is -2.43. The highest BCUT2D eigenvalue weighted by atomic mass is 19.1. The minimum Gasteiger partial charge on any atom is -0.508 e. The van der Waals surface area contributed by atoms with Crippen LogP contribution < -0.4 is 9.64 Å². The number of benzene rings is 2. The van der Waals surface area contributed by atoms with Gasteiger partial charge in [-0.15, -0.1) is 0 Å². The maximum atomic E-state index is 16.9. The number of aryl methyl sites for hydroxylation is 1. The molecule has 0 bridgehead atoms. The number of β-amino-alcohol motifs (C(OH)–C–C–N with tert-alkyl or cyclic N) is 1. The van der Waals surface area contributed by atoms with Crippen LogP contribution >= 0.6 is 0 Å². The van der Waals surface area contributed by atoms with Gasteiger partial charge in [0.15, 0.2) is 5.82 Å². The molecule has 4 aromatic rings. The Labute approximate surface area is 370 Å². The maximum absolute atomic E-state index is 16.9. The highest BCUT2D eigenvalue weighted by Crippen LogP contribution is 2.41. The number of aliphatic hydroxyl groups excluding tert-OH is 1. The molecule has 2 atom stereocenters. The average molecular weight is 867 g/mol. The van der Waals surface area contributed by atoms with E-state index in [4.69, 9.17) is 19.2 Å². The summed E-state index contributed by atoms with van der Waals surface area (Å²) in [4.78, 5) is 21.0. The smallest absolute Gasteiger partial charge is 0.319 e. The first kappa shape index (κ1) is 50.9. The molecule has 4 fully saturated rings. The average Bonchev–Trinajstić information content (AvgIpc) is 3.69. The van der Waals surface area contributed by atoms with Crippen LogP contribution in [-0.2, 0) is 15.9 Å². The summed E-state index contributed by atoms with van der Waals surface area (Å²) in [5, 5.41) is 21.7. The summed E-state index contributed by atoms with van der Waals surface area (Å²) < 4.78 is 49.0. The number of likely N-dealkylation sites (tertiary alicyclic amines) is 1. The van der Waals surface area contributed by atoms with Crippen LogP contribution in [0.1, 0.15) is 118 Å². The van der Waals surface area contributed by atoms with Gasteiger partial charge in [-0.25, -0.2) is 8.78 Å². The van der Waals surface area contributed by atoms with Crippen LogP contribution in [0.5, 0.6) is 11.8 Å². The topological polar surface area (TPSA) is 117 Å². The summed E-state index contributed by atoms with van der Waals surface area (Å²) in [6, 6.07) is 6.18. The number of nitrogens with zero attached hydrogens (tertiary/aromatic N) is 6. The highest BCUT2D eigenvalue weighted by molar-refractivity contribution is 6.01. The van der Waals surface area contributed by atoms with Crippen LogP contribution in [0.2, 0.25) is 0 Å². The van der Waals surface area contributed by atoms with Gasteiger partial charge in [0.05, 0.1) is 23.1 Å². The molecule has 0 saturated carbocycles. The Bertz CT molecular complexity index is 1950. The molecule has 13 heteroatoms. The number of likely N-dealkylation sites (N-methyl/N-ethyl adjacent to an activating group) is 1. The van der Waals surface area contributed by atoms with E-state index in [9.17, 15) is 10.2 Å². The van der Waals surface area contributed by atoms with Crippen LogP contribution in [0.4, 0.5) is 14.6 Å². The van der Waals surface area contributed by atoms with E-state index in [2.05, 4.69) is 24.7 Å². The Balaban J connectivity index is 0.000000425. The molecular formula is C49H76F2N6O5. The highest BCUT2D eigenvalue weighted by Gasteiger charge is 2.45. The van der Waals surface area contributed by atoms with Gasteiger partial charge in [0.1, 0.15) is 35.2 Å². The fourth-order valence-corrected chi connectivity index (χ4v) is 9.32. The maximum Gasteiger partial charge on any atom is 0.319 e. The molecule has 0 aliphatic carbocycles. The number of halogens is 2. The van der Waals surface area contributed by atoms with E-state index in [1.807, 2.05) is 48.6 Å². The van der Waals surface area contributed by atoms with Crippen LogP contribution in [0.25, 0.3) is 32.9 Å². The molecule has 6 heterocycles. The molecule has 0 amide bonds. The molecule has 4 aliphatic rings. The second-order valence-electron chi connectivity index (χ2n) is 16.1. The molecule has 2 aromatic heterocycles. The molecule has 2 unspecified atom stereocenters. The van der Waals surface area contributed by atoms with Gasteiger partial charge in [0, 0.05) is 58.8 Å². The van der Waals surface area contributed by atoms with E-state index >= 15 is 8.78 Å². The number of fused-ring (bicyclic) bond motifs is 3. The fourth-order valence-electron chi connectivity index (χ4n) is 9.32. The number of aromatic nitrogens is 3. The molecule has 8 rings (SSSR count). The van der Waals surface area contributed by atoms with Crippen LogP contribution in [-0.4, -0.2) is 126 Å². The summed E-state index contributed by atoms with van der Waals surface area (Å²) in [7, 11) is 5.35. The number of ether oxygens (including phenoxy) is 3. The van der Waals surface area contributed by atoms with E-state index in [1.165, 1.54) is 12.1 Å². The van der Waals surface area contributed by atoms with Gasteiger partial charge in [-0.05, 0) is 119 Å². The zero-order valence-corrected chi connectivity index (χ0v) is 39.2. The third-order valence-electron chi connectivity index (χ3n) is 12.2. The zero-order chi connectivity index (χ0) is 45.2. The first-order chi connectivity index (χ1) is 30.2. The number of phenols is 1. The van der Waals surface area contributed by atoms with Gasteiger partial charge in [-0.2, -0.15) is 9.97 Å². The number of hydrogen-bond donors (Lipinski definition) is 2. The number of methoxy groups -OCH3 is 2. The lowest BCUT2D eigenvalue weighted by atomic mass is 9.93. The van der Waals surface area contributed by atoms with Crippen LogP contribution in [0, 0.1) is 11.6 Å². The van der Waals surface area contributed by atoms with Gasteiger partial charge >= 0.3 is 6.01 Å². The van der Waals surface area contributed by atoms with Crippen molar-refractivity contribution < 1.29 is 33.2 Å². The van der Waals surface area contributed by atoms with Crippen molar-refractivity contribution in [3.05, 3.63) is 47.7 Å². The summed E-state index contributed by atoms with van der Waals surface area (Å²) in [5.74, 6) is -0.451. The van der Waals surface area contributed by atoms with Gasteiger partial charge < -0.3 is 34.2 Å². The minimum absolute atomic E-state index is 0.00446. The van der Waals surface area contributed by atoms with Crippen LogP contribution in [0.15, 0.2) is 30.5 Å². The largest absolute Gasteiger partial charge is 0.508 e. The van der Waals surface area contributed by atoms with E-state index in [-0.39, 0.29) is 40.4 Å². The fraction of sp³-hybridized carbons (Fsp3) is 0.653. The molecule has 11 nitrogen and oxygen atoms in total. The SMILES string of the molecule is CC.CC.CC.COC1CCC(O)CN(C)C1.COCCCc1c(F)ccc2cc(O)cc(-c3ncc4c(N5CCCCCC5)nc(OCC56CCCN5CCC6)nc4c3F)c12. The number of rotatable bonds is 10. The minimum atomic E-state index is -0.642. The molecule has 2 aromatic carbocycles. The van der Waals surface area contributed by atoms with Crippen molar-refractivity contribution >= 4 is 27.5 Å². The number of aromatic hydroxyl groups is 1. The third kappa shape index (κ3) is 12.5. The number of anilines is 1. The van der Waals surface area contributed by atoms with Crippen molar-refractivity contribution in [1.29, 1.82) is 0 Å². The molecule has 0 radical (unpaired) electrons. The standard InChI is InChI=1S/C35H41F2N5O3.C8H17NO2.3C2H6/c1-44-18-6-9-25-28(36)11-10-23-19-24(43)20-26(29(23)25)31-30(37)32-27(21-38-31)33(41-14-4-2-3-5-15-41)40-34(39-32)45-22-35-12-7-16-42(35)17-8-13-35;1-9-5-7(10)3-4-8(6-9)11-2;3*1-2/h10-11,19-21,43H,2-9,12-18,22H2,1H3;7-8,10H,3-6H2,1-2H3;3*1-2H3. The zero-order valence-electron chi connectivity index (χ0n) is 39.2. The van der Waals surface area contributed by atoms with E-state index in [0.717, 1.165) is 103 Å². The number of pyridine rings is 1. The summed E-state index contributed by atoms with van der Waals surface area (Å²) >= 11 is 0. The number of aliphatic hydroxyl groups is 1. The van der Waals surface area contributed by atoms with Crippen molar-refractivity contribution in [2.45, 2.75) is 136 Å². The Morgan fingerprint density at radius 1 is 0.855 bits per heavy atom. The monoisotopic (exact) mass is 867 g/mol. The lowest BCUT2D eigenvalue weighted by Gasteiger charge is -2.31. The molecule has 2 N–H and O–H groups in total. The molecule has 62 heavy (non-hydrogen) atoms. The Morgan fingerprint density at radius 3 is 2.21 bits per heavy atom. The molecule has 346 valence electrons. The van der Waals surface area contributed by atoms with Crippen molar-refractivity contribution in [3.63, 3.8) is 0 Å². The molecule has 4 aliphatic heterocycles. The Hall–Kier alpha value is -3.75. The van der Waals surface area contributed by atoms with Gasteiger partial charge in [0.25, 0.3) is 0 Å². The lowest BCUT2D eigenvalue weighted by molar-refractivity contribution is 0.0756. The van der Waals surface area contributed by atoms with Crippen molar-refractivity contribution in [2.75, 3.05) is 78.6 Å². The van der Waals surface area contributed by atoms with Gasteiger partial charge in [-0.3, -0.25) is 9.88 Å². The Morgan fingerprint density at radius 2 is 1.55 bits per heavy atom. The third-order valence-corrected chi connectivity index (χ3v) is 12.2. The second-order valence-corrected chi connectivity index (χ2v) is 16.1.